The number of hydrogen-bond acceptors (Lipinski definition) is 6. The zero-order chi connectivity index (χ0) is 27.5. The monoisotopic (exact) mass is 510 g/mol. The maximum absolute atomic E-state index is 14.2. The minimum Gasteiger partial charge on any atom is -0.496 e. The van der Waals surface area contributed by atoms with E-state index in [0.29, 0.717) is 34.7 Å². The minimum absolute atomic E-state index is 0.0683. The Morgan fingerprint density at radius 3 is 2.38 bits per heavy atom. The molecule has 1 aliphatic heterocycles. The van der Waals surface area contributed by atoms with E-state index in [2.05, 4.69) is 20.8 Å². The Kier molecular flexibility index (Phi) is 8.20. The molecule has 200 valence electrons. The molecule has 0 saturated carbocycles. The molecule has 0 spiro atoms. The number of rotatable bonds is 9. The Labute approximate surface area is 219 Å². The van der Waals surface area contributed by atoms with Crippen LogP contribution >= 0.6 is 0 Å². The first-order valence-electron chi connectivity index (χ1n) is 12.6. The third-order valence-electron chi connectivity index (χ3n) is 6.56. The number of ether oxygens (including phenoxy) is 3. The van der Waals surface area contributed by atoms with Gasteiger partial charge < -0.3 is 19.9 Å². The summed E-state index contributed by atoms with van der Waals surface area (Å²) < 4.78 is 16.4. The van der Waals surface area contributed by atoms with Gasteiger partial charge in [-0.15, -0.1) is 0 Å². The van der Waals surface area contributed by atoms with Crippen LogP contribution in [0.25, 0.3) is 0 Å². The van der Waals surface area contributed by atoms with Crippen LogP contribution in [0.15, 0.2) is 36.4 Å². The van der Waals surface area contributed by atoms with Crippen LogP contribution in [0, 0.1) is 5.92 Å². The number of primary amides is 1. The zero-order valence-corrected chi connectivity index (χ0v) is 22.8. The van der Waals surface area contributed by atoms with Gasteiger partial charge in [0.2, 0.25) is 5.91 Å². The van der Waals surface area contributed by atoms with Crippen LogP contribution in [-0.4, -0.2) is 43.6 Å². The van der Waals surface area contributed by atoms with E-state index in [1.165, 1.54) is 4.90 Å². The second-order valence-electron chi connectivity index (χ2n) is 10.8. The standard InChI is InChI=1S/C29H38N2O6/c1-8-36-25(32)17-37-23-11-9-10-22-20(23)16-29(27(30)34,15-18(2)3)31(22)26(33)19-12-13-21(28(4,5)6)24(14-19)35-7/h9-14,18H,8,15-17H2,1-7H3,(H2,30,34). The molecule has 2 aromatic rings. The van der Waals surface area contributed by atoms with Gasteiger partial charge >= 0.3 is 5.97 Å². The first-order valence-corrected chi connectivity index (χ1v) is 12.6. The fourth-order valence-corrected chi connectivity index (χ4v) is 5.03. The van der Waals surface area contributed by atoms with E-state index in [4.69, 9.17) is 19.9 Å². The number of fused-ring (bicyclic) bond motifs is 1. The van der Waals surface area contributed by atoms with Crippen molar-refractivity contribution in [2.75, 3.05) is 25.2 Å². The van der Waals surface area contributed by atoms with Crippen LogP contribution in [0.3, 0.4) is 0 Å². The van der Waals surface area contributed by atoms with Crippen molar-refractivity contribution >= 4 is 23.5 Å². The predicted octanol–water partition coefficient (Wildman–Crippen LogP) is 4.41. The van der Waals surface area contributed by atoms with Gasteiger partial charge in [0.15, 0.2) is 6.61 Å². The van der Waals surface area contributed by atoms with Crippen molar-refractivity contribution < 1.29 is 28.6 Å². The molecule has 0 bridgehead atoms. The number of methoxy groups -OCH3 is 1. The van der Waals surface area contributed by atoms with Crippen molar-refractivity contribution in [3.63, 3.8) is 0 Å². The fraction of sp³-hybridized carbons (Fsp3) is 0.483. The third kappa shape index (κ3) is 5.58. The Morgan fingerprint density at radius 2 is 1.81 bits per heavy atom. The SMILES string of the molecule is CCOC(=O)COc1cccc2c1CC(CC(C)C)(C(N)=O)N2C(=O)c1ccc(C(C)(C)C)c(OC)c1. The van der Waals surface area contributed by atoms with Gasteiger partial charge in [-0.3, -0.25) is 14.5 Å². The van der Waals surface area contributed by atoms with Crippen molar-refractivity contribution in [1.82, 2.24) is 0 Å². The van der Waals surface area contributed by atoms with Gasteiger partial charge in [-0.1, -0.05) is 46.8 Å². The molecule has 0 aliphatic carbocycles. The number of esters is 1. The Hall–Kier alpha value is -3.55. The number of anilines is 1. The number of hydrogen-bond donors (Lipinski definition) is 1. The molecule has 2 N–H and O–H groups in total. The number of benzene rings is 2. The fourth-order valence-electron chi connectivity index (χ4n) is 5.03. The van der Waals surface area contributed by atoms with E-state index in [0.717, 1.165) is 5.56 Å². The van der Waals surface area contributed by atoms with E-state index in [1.54, 1.807) is 44.4 Å². The normalized spacial score (nSPS) is 16.9. The number of nitrogens with two attached hydrogens (primary N) is 1. The van der Waals surface area contributed by atoms with Gasteiger partial charge in [-0.25, -0.2) is 4.79 Å². The Balaban J connectivity index is 2.14. The molecule has 0 saturated heterocycles. The number of nitrogens with zero attached hydrogens (tertiary/aromatic N) is 1. The van der Waals surface area contributed by atoms with E-state index < -0.39 is 17.4 Å². The summed E-state index contributed by atoms with van der Waals surface area (Å²) in [7, 11) is 1.57. The van der Waals surface area contributed by atoms with Gasteiger partial charge in [-0.2, -0.15) is 0 Å². The average Bonchev–Trinajstić information content (AvgIpc) is 3.16. The highest BCUT2D eigenvalue weighted by molar-refractivity contribution is 6.13. The van der Waals surface area contributed by atoms with Gasteiger partial charge in [0, 0.05) is 17.5 Å². The van der Waals surface area contributed by atoms with Crippen LogP contribution in [0.2, 0.25) is 0 Å². The molecule has 8 heteroatoms. The number of carbonyl (C=O) groups excluding carboxylic acids is 3. The molecule has 1 heterocycles. The summed E-state index contributed by atoms with van der Waals surface area (Å²) >= 11 is 0. The summed E-state index contributed by atoms with van der Waals surface area (Å²) in [5.41, 5.74) is 7.08. The highest BCUT2D eigenvalue weighted by Crippen LogP contribution is 2.47. The number of amides is 2. The van der Waals surface area contributed by atoms with E-state index >= 15 is 0 Å². The molecule has 1 unspecified atom stereocenters. The van der Waals surface area contributed by atoms with Crippen molar-refractivity contribution in [2.24, 2.45) is 11.7 Å². The van der Waals surface area contributed by atoms with E-state index in [-0.39, 0.29) is 36.9 Å². The molecule has 37 heavy (non-hydrogen) atoms. The molecule has 3 rings (SSSR count). The highest BCUT2D eigenvalue weighted by Gasteiger charge is 2.52. The smallest absolute Gasteiger partial charge is 0.344 e. The van der Waals surface area contributed by atoms with Crippen molar-refractivity contribution in [2.45, 2.75) is 65.3 Å². The van der Waals surface area contributed by atoms with E-state index in [1.807, 2.05) is 19.9 Å². The lowest BCUT2D eigenvalue weighted by Gasteiger charge is -2.37. The molecular formula is C29H38N2O6. The maximum Gasteiger partial charge on any atom is 0.344 e. The summed E-state index contributed by atoms with van der Waals surface area (Å²) in [4.78, 5) is 40.7. The van der Waals surface area contributed by atoms with Crippen LogP contribution in [0.4, 0.5) is 5.69 Å². The molecule has 8 nitrogen and oxygen atoms in total. The number of carbonyl (C=O) groups is 3. The van der Waals surface area contributed by atoms with Crippen LogP contribution in [0.5, 0.6) is 11.5 Å². The average molecular weight is 511 g/mol. The largest absolute Gasteiger partial charge is 0.496 e. The Morgan fingerprint density at radius 1 is 1.11 bits per heavy atom. The Bertz CT molecular complexity index is 1180. The zero-order valence-electron chi connectivity index (χ0n) is 22.8. The quantitative estimate of drug-likeness (QED) is 0.501. The molecule has 0 radical (unpaired) electrons. The maximum atomic E-state index is 14.2. The lowest BCUT2D eigenvalue weighted by atomic mass is 9.83. The first kappa shape index (κ1) is 28.0. The van der Waals surface area contributed by atoms with Crippen molar-refractivity contribution in [1.29, 1.82) is 0 Å². The molecule has 0 fully saturated rings. The van der Waals surface area contributed by atoms with Crippen molar-refractivity contribution in [3.05, 3.63) is 53.1 Å². The van der Waals surface area contributed by atoms with Crippen LogP contribution in [-0.2, 0) is 26.2 Å². The minimum atomic E-state index is -1.30. The summed E-state index contributed by atoms with van der Waals surface area (Å²) in [6.07, 6.45) is 0.537. The highest BCUT2D eigenvalue weighted by atomic mass is 16.6. The molecule has 2 aromatic carbocycles. The van der Waals surface area contributed by atoms with Crippen molar-refractivity contribution in [3.8, 4) is 11.5 Å². The lowest BCUT2D eigenvalue weighted by molar-refractivity contribution is -0.145. The molecule has 2 amide bonds. The van der Waals surface area contributed by atoms with Gasteiger partial charge in [0.25, 0.3) is 5.91 Å². The predicted molar refractivity (Wildman–Crippen MR) is 142 cm³/mol. The molecule has 0 aromatic heterocycles. The molecule has 1 aliphatic rings. The second-order valence-corrected chi connectivity index (χ2v) is 10.8. The molecule has 1 atom stereocenters. The summed E-state index contributed by atoms with van der Waals surface area (Å²) in [6, 6.07) is 10.6. The second kappa shape index (κ2) is 10.8. The molecular weight excluding hydrogens is 472 g/mol. The third-order valence-corrected chi connectivity index (χ3v) is 6.56. The van der Waals surface area contributed by atoms with Crippen LogP contribution < -0.4 is 20.1 Å². The topological polar surface area (TPSA) is 108 Å². The van der Waals surface area contributed by atoms with Gasteiger partial charge in [0.1, 0.15) is 17.0 Å². The van der Waals surface area contributed by atoms with Crippen LogP contribution in [0.1, 0.15) is 69.4 Å². The van der Waals surface area contributed by atoms with E-state index in [9.17, 15) is 14.4 Å². The van der Waals surface area contributed by atoms with Gasteiger partial charge in [-0.05, 0) is 54.5 Å². The summed E-state index contributed by atoms with van der Waals surface area (Å²) in [5.74, 6) is -0.382. The van der Waals surface area contributed by atoms with Gasteiger partial charge in [0.05, 0.1) is 19.4 Å². The summed E-state index contributed by atoms with van der Waals surface area (Å²) in [6.45, 7) is 11.9. The lowest BCUT2D eigenvalue weighted by Crippen LogP contribution is -2.59. The first-order chi connectivity index (χ1) is 17.4. The summed E-state index contributed by atoms with van der Waals surface area (Å²) in [5, 5.41) is 0.